The van der Waals surface area contributed by atoms with Gasteiger partial charge in [0.1, 0.15) is 5.75 Å². The van der Waals surface area contributed by atoms with Gasteiger partial charge in [-0.15, -0.1) is 0 Å². The van der Waals surface area contributed by atoms with Crippen LogP contribution in [0.4, 0.5) is 5.69 Å². The number of nitrogens with one attached hydrogen (secondary N) is 2. The van der Waals surface area contributed by atoms with Crippen LogP contribution in [0.15, 0.2) is 23.1 Å². The second kappa shape index (κ2) is 5.98. The first-order valence-electron chi connectivity index (χ1n) is 5.82. The number of aromatic hydroxyl groups is 1. The summed E-state index contributed by atoms with van der Waals surface area (Å²) in [5, 5.41) is 9.59. The zero-order valence-corrected chi connectivity index (χ0v) is 13.0. The molecule has 0 spiro atoms. The molecule has 0 amide bonds. The molecule has 0 saturated carbocycles. The highest BCUT2D eigenvalue weighted by molar-refractivity contribution is 7.91. The first-order chi connectivity index (χ1) is 9.01. The fraction of sp³-hybridized carbons (Fsp3) is 0.455. The predicted molar refractivity (Wildman–Crippen MR) is 76.6 cm³/mol. The van der Waals surface area contributed by atoms with Gasteiger partial charge in [0.05, 0.1) is 10.6 Å². The summed E-state index contributed by atoms with van der Waals surface area (Å²) in [6.45, 7) is 3.90. The molecule has 0 atom stereocenters. The third kappa shape index (κ3) is 4.99. The van der Waals surface area contributed by atoms with Crippen LogP contribution in [-0.4, -0.2) is 34.7 Å². The van der Waals surface area contributed by atoms with Crippen LogP contribution in [0.5, 0.6) is 5.75 Å². The second-order valence-electron chi connectivity index (χ2n) is 4.80. The molecule has 20 heavy (non-hydrogen) atoms. The summed E-state index contributed by atoms with van der Waals surface area (Å²) in [5.74, 6) is -0.241. The summed E-state index contributed by atoms with van der Waals surface area (Å²) in [5.41, 5.74) is -0.191. The standard InChI is InChI=1S/C11H18N2O5S2/c1-8(2)7-12-20(17,18)13-10-6-9(19(3,15)16)4-5-11(10)14/h4-6,8,12-14H,7H2,1-3H3. The molecule has 9 heteroatoms. The number of benzene rings is 1. The van der Waals surface area contributed by atoms with Crippen LogP contribution in [0.25, 0.3) is 0 Å². The lowest BCUT2D eigenvalue weighted by Crippen LogP contribution is -2.32. The minimum atomic E-state index is -3.87. The minimum absolute atomic E-state index is 0.0862. The van der Waals surface area contributed by atoms with E-state index in [0.717, 1.165) is 18.4 Å². The number of sulfone groups is 1. The number of rotatable bonds is 6. The molecule has 0 aliphatic heterocycles. The molecule has 0 unspecified atom stereocenters. The smallest absolute Gasteiger partial charge is 0.299 e. The maximum absolute atomic E-state index is 11.7. The monoisotopic (exact) mass is 322 g/mol. The lowest BCUT2D eigenvalue weighted by atomic mass is 10.2. The number of anilines is 1. The first kappa shape index (κ1) is 16.7. The van der Waals surface area contributed by atoms with Crippen LogP contribution in [0, 0.1) is 5.92 Å². The molecular formula is C11H18N2O5S2. The lowest BCUT2D eigenvalue weighted by Gasteiger charge is -2.12. The predicted octanol–water partition coefficient (Wildman–Crippen LogP) is 0.698. The number of phenols is 1. The molecule has 1 aromatic rings. The molecule has 114 valence electrons. The summed E-state index contributed by atoms with van der Waals surface area (Å²) < 4.78 is 50.7. The van der Waals surface area contributed by atoms with Crippen molar-refractivity contribution in [3.63, 3.8) is 0 Å². The third-order valence-corrected chi connectivity index (χ3v) is 4.47. The van der Waals surface area contributed by atoms with E-state index in [-0.39, 0.29) is 28.8 Å². The van der Waals surface area contributed by atoms with Gasteiger partial charge in [-0.2, -0.15) is 13.1 Å². The SMILES string of the molecule is CC(C)CNS(=O)(=O)Nc1cc(S(C)(=O)=O)ccc1O. The number of phenolic OH excluding ortho intramolecular Hbond substituents is 1. The minimum Gasteiger partial charge on any atom is -0.506 e. The van der Waals surface area contributed by atoms with E-state index in [2.05, 4.69) is 9.44 Å². The molecule has 7 nitrogen and oxygen atoms in total. The highest BCUT2D eigenvalue weighted by atomic mass is 32.2. The molecule has 0 saturated heterocycles. The molecule has 1 rings (SSSR count). The lowest BCUT2D eigenvalue weighted by molar-refractivity contribution is 0.477. The normalized spacial score (nSPS) is 12.6. The van der Waals surface area contributed by atoms with E-state index in [1.807, 2.05) is 13.8 Å². The van der Waals surface area contributed by atoms with Crippen molar-refractivity contribution in [3.8, 4) is 5.75 Å². The fourth-order valence-electron chi connectivity index (χ4n) is 1.28. The Morgan fingerprint density at radius 2 is 1.80 bits per heavy atom. The van der Waals surface area contributed by atoms with Crippen molar-refractivity contribution < 1.29 is 21.9 Å². The molecule has 0 aromatic heterocycles. The van der Waals surface area contributed by atoms with Crippen molar-refractivity contribution in [3.05, 3.63) is 18.2 Å². The van der Waals surface area contributed by atoms with Crippen molar-refractivity contribution in [2.24, 2.45) is 5.92 Å². The van der Waals surface area contributed by atoms with E-state index in [1.165, 1.54) is 6.07 Å². The third-order valence-electron chi connectivity index (χ3n) is 2.32. The Morgan fingerprint density at radius 3 is 2.30 bits per heavy atom. The number of hydrogen-bond donors (Lipinski definition) is 3. The van der Waals surface area contributed by atoms with E-state index in [4.69, 9.17) is 0 Å². The molecule has 3 N–H and O–H groups in total. The highest BCUT2D eigenvalue weighted by Crippen LogP contribution is 2.27. The zero-order chi connectivity index (χ0) is 15.6. The summed E-state index contributed by atoms with van der Waals surface area (Å²) in [4.78, 5) is -0.0862. The van der Waals surface area contributed by atoms with Crippen LogP contribution >= 0.6 is 0 Å². The fourth-order valence-corrected chi connectivity index (χ4v) is 3.01. The van der Waals surface area contributed by atoms with Gasteiger partial charge in [-0.05, 0) is 24.1 Å². The van der Waals surface area contributed by atoms with E-state index in [0.29, 0.717) is 0 Å². The van der Waals surface area contributed by atoms with Gasteiger partial charge in [0.2, 0.25) is 0 Å². The summed E-state index contributed by atoms with van der Waals surface area (Å²) in [6.07, 6.45) is 0.995. The molecule has 0 aliphatic carbocycles. The van der Waals surface area contributed by atoms with Gasteiger partial charge in [-0.3, -0.25) is 4.72 Å². The van der Waals surface area contributed by atoms with Crippen LogP contribution in [0.2, 0.25) is 0 Å². The average Bonchev–Trinajstić information content (AvgIpc) is 2.28. The maximum atomic E-state index is 11.7. The molecule has 0 aliphatic rings. The van der Waals surface area contributed by atoms with Gasteiger partial charge < -0.3 is 5.11 Å². The summed E-state index contributed by atoms with van der Waals surface area (Å²) in [7, 11) is -7.36. The molecule has 0 fully saturated rings. The van der Waals surface area contributed by atoms with Crippen molar-refractivity contribution in [1.29, 1.82) is 0 Å². The molecule has 1 aromatic carbocycles. The van der Waals surface area contributed by atoms with E-state index >= 15 is 0 Å². The molecule has 0 radical (unpaired) electrons. The maximum Gasteiger partial charge on any atom is 0.299 e. The Labute approximate surface area is 119 Å². The highest BCUT2D eigenvalue weighted by Gasteiger charge is 2.16. The van der Waals surface area contributed by atoms with Crippen molar-refractivity contribution in [2.75, 3.05) is 17.5 Å². The van der Waals surface area contributed by atoms with Gasteiger partial charge in [-0.1, -0.05) is 13.8 Å². The van der Waals surface area contributed by atoms with Gasteiger partial charge >= 0.3 is 0 Å². The Morgan fingerprint density at radius 1 is 1.20 bits per heavy atom. The van der Waals surface area contributed by atoms with Gasteiger partial charge in [0.15, 0.2) is 9.84 Å². The Balaban J connectivity index is 3.03. The van der Waals surface area contributed by atoms with E-state index in [1.54, 1.807) is 0 Å². The Hall–Kier alpha value is -1.32. The van der Waals surface area contributed by atoms with Gasteiger partial charge in [0.25, 0.3) is 10.2 Å². The van der Waals surface area contributed by atoms with E-state index < -0.39 is 20.0 Å². The summed E-state index contributed by atoms with van der Waals surface area (Å²) in [6, 6.07) is 3.39. The molecule has 0 heterocycles. The van der Waals surface area contributed by atoms with Crippen LogP contribution in [0.1, 0.15) is 13.8 Å². The van der Waals surface area contributed by atoms with Crippen molar-refractivity contribution >= 4 is 25.7 Å². The molecular weight excluding hydrogens is 304 g/mol. The Kier molecular flexibility index (Phi) is 5.00. The van der Waals surface area contributed by atoms with E-state index in [9.17, 15) is 21.9 Å². The van der Waals surface area contributed by atoms with Crippen LogP contribution < -0.4 is 9.44 Å². The zero-order valence-electron chi connectivity index (χ0n) is 11.4. The van der Waals surface area contributed by atoms with Crippen LogP contribution in [0.3, 0.4) is 0 Å². The first-order valence-corrected chi connectivity index (χ1v) is 9.19. The topological polar surface area (TPSA) is 113 Å². The van der Waals surface area contributed by atoms with Gasteiger partial charge in [0, 0.05) is 12.8 Å². The number of hydrogen-bond acceptors (Lipinski definition) is 5. The summed E-state index contributed by atoms with van der Waals surface area (Å²) >= 11 is 0. The van der Waals surface area contributed by atoms with Crippen LogP contribution in [-0.2, 0) is 20.0 Å². The molecule has 0 bridgehead atoms. The Bertz CT molecular complexity index is 681. The van der Waals surface area contributed by atoms with Crippen molar-refractivity contribution in [2.45, 2.75) is 18.7 Å². The second-order valence-corrected chi connectivity index (χ2v) is 8.31. The van der Waals surface area contributed by atoms with Gasteiger partial charge in [-0.25, -0.2) is 8.42 Å². The average molecular weight is 322 g/mol. The quantitative estimate of drug-likeness (QED) is 0.667. The largest absolute Gasteiger partial charge is 0.506 e. The van der Waals surface area contributed by atoms with Crippen molar-refractivity contribution in [1.82, 2.24) is 4.72 Å².